The quantitative estimate of drug-likeness (QED) is 0.366. The van der Waals surface area contributed by atoms with Crippen LogP contribution >= 0.6 is 0 Å². The lowest BCUT2D eigenvalue weighted by atomic mass is 10.3. The summed E-state index contributed by atoms with van der Waals surface area (Å²) in [5.41, 5.74) is 0.430. The fourth-order valence-corrected chi connectivity index (χ4v) is 0.623. The Bertz CT molecular complexity index is 202. The molecule has 0 spiro atoms. The van der Waals surface area contributed by atoms with Gasteiger partial charge in [-0.1, -0.05) is 19.9 Å². The number of ether oxygens (including phenoxy) is 1. The molecule has 0 aliphatic heterocycles. The van der Waals surface area contributed by atoms with Crippen LogP contribution in [0.15, 0.2) is 24.0 Å². The zero-order chi connectivity index (χ0) is 9.56. The van der Waals surface area contributed by atoms with Crippen LogP contribution in [0.25, 0.3) is 0 Å². The van der Waals surface area contributed by atoms with E-state index in [-0.39, 0.29) is 5.97 Å². The molecule has 0 heterocycles. The van der Waals surface area contributed by atoms with Crippen LogP contribution < -0.4 is 0 Å². The van der Waals surface area contributed by atoms with E-state index >= 15 is 0 Å². The topological polar surface area (TPSA) is 26.3 Å². The van der Waals surface area contributed by atoms with Gasteiger partial charge in [-0.15, -0.1) is 0 Å². The second-order valence-electron chi connectivity index (χ2n) is 2.77. The van der Waals surface area contributed by atoms with Crippen molar-refractivity contribution in [2.45, 2.75) is 33.6 Å². The molecule has 2 nitrogen and oxygen atoms in total. The minimum Gasteiger partial charge on any atom is -0.428 e. The molecule has 12 heavy (non-hydrogen) atoms. The third kappa shape index (κ3) is 4.72. The Morgan fingerprint density at radius 1 is 1.50 bits per heavy atom. The van der Waals surface area contributed by atoms with E-state index in [9.17, 15) is 4.79 Å². The third-order valence-corrected chi connectivity index (χ3v) is 1.32. The molecular weight excluding hydrogens is 152 g/mol. The van der Waals surface area contributed by atoms with E-state index in [0.717, 1.165) is 12.8 Å². The molecule has 0 aliphatic carbocycles. The van der Waals surface area contributed by atoms with Crippen LogP contribution in [0.1, 0.15) is 33.6 Å². The first-order valence-corrected chi connectivity index (χ1v) is 4.12. The van der Waals surface area contributed by atoms with Gasteiger partial charge in [0, 0.05) is 5.57 Å². The van der Waals surface area contributed by atoms with E-state index in [4.69, 9.17) is 4.74 Å². The van der Waals surface area contributed by atoms with Crippen molar-refractivity contribution < 1.29 is 9.53 Å². The molecule has 0 saturated heterocycles. The van der Waals surface area contributed by atoms with Crippen LogP contribution in [-0.2, 0) is 9.53 Å². The summed E-state index contributed by atoms with van der Waals surface area (Å²) < 4.78 is 4.94. The van der Waals surface area contributed by atoms with E-state index in [2.05, 4.69) is 13.5 Å². The van der Waals surface area contributed by atoms with Gasteiger partial charge in [0.15, 0.2) is 0 Å². The van der Waals surface area contributed by atoms with Gasteiger partial charge < -0.3 is 4.74 Å². The van der Waals surface area contributed by atoms with Crippen molar-refractivity contribution in [2.24, 2.45) is 0 Å². The maximum Gasteiger partial charge on any atom is 0.338 e. The monoisotopic (exact) mass is 168 g/mol. The molecule has 0 atom stereocenters. The highest BCUT2D eigenvalue weighted by molar-refractivity contribution is 5.87. The number of carbonyl (C=O) groups is 1. The molecule has 0 bridgehead atoms. The minimum absolute atomic E-state index is 0.347. The zero-order valence-electron chi connectivity index (χ0n) is 8.02. The molecule has 0 aromatic rings. The fourth-order valence-electron chi connectivity index (χ4n) is 0.623. The third-order valence-electron chi connectivity index (χ3n) is 1.32. The molecule has 0 amide bonds. The largest absolute Gasteiger partial charge is 0.428 e. The molecule has 0 radical (unpaired) electrons. The predicted octanol–water partition coefficient (Wildman–Crippen LogP) is 2.81. The highest BCUT2D eigenvalue weighted by Gasteiger charge is 2.02. The van der Waals surface area contributed by atoms with E-state index in [1.807, 2.05) is 6.08 Å². The number of esters is 1. The Morgan fingerprint density at radius 2 is 2.08 bits per heavy atom. The smallest absolute Gasteiger partial charge is 0.338 e. The average molecular weight is 168 g/mol. The number of unbranched alkanes of at least 4 members (excludes halogenated alkanes) is 1. The Morgan fingerprint density at radius 3 is 2.50 bits per heavy atom. The molecule has 0 N–H and O–H groups in total. The van der Waals surface area contributed by atoms with Gasteiger partial charge in [-0.2, -0.15) is 0 Å². The van der Waals surface area contributed by atoms with Crippen molar-refractivity contribution in [3.63, 3.8) is 0 Å². The number of allylic oxidation sites excluding steroid dienone is 2. The van der Waals surface area contributed by atoms with Crippen LogP contribution in [0.2, 0.25) is 0 Å². The lowest BCUT2D eigenvalue weighted by Crippen LogP contribution is -2.02. The van der Waals surface area contributed by atoms with Gasteiger partial charge in [-0.25, -0.2) is 4.79 Å². The van der Waals surface area contributed by atoms with E-state index in [1.165, 1.54) is 0 Å². The predicted molar refractivity (Wildman–Crippen MR) is 49.6 cm³/mol. The van der Waals surface area contributed by atoms with Gasteiger partial charge in [0.25, 0.3) is 0 Å². The molecular formula is C10H16O2. The normalized spacial score (nSPS) is 11.1. The van der Waals surface area contributed by atoms with E-state index in [0.29, 0.717) is 11.3 Å². The first-order valence-electron chi connectivity index (χ1n) is 4.12. The lowest BCUT2D eigenvalue weighted by Gasteiger charge is -2.02. The first kappa shape index (κ1) is 11.0. The van der Waals surface area contributed by atoms with Gasteiger partial charge in [0.2, 0.25) is 0 Å². The fraction of sp³-hybridized carbons (Fsp3) is 0.500. The molecule has 0 aliphatic rings. The van der Waals surface area contributed by atoms with Gasteiger partial charge in [-0.3, -0.25) is 0 Å². The van der Waals surface area contributed by atoms with Crippen molar-refractivity contribution in [2.75, 3.05) is 0 Å². The van der Waals surface area contributed by atoms with Crippen LogP contribution in [0, 0.1) is 0 Å². The molecule has 0 rings (SSSR count). The average Bonchev–Trinajstić information content (AvgIpc) is 2.00. The molecule has 0 aromatic carbocycles. The van der Waals surface area contributed by atoms with Crippen molar-refractivity contribution in [1.82, 2.24) is 0 Å². The second kappa shape index (κ2) is 5.58. The maximum atomic E-state index is 11.0. The van der Waals surface area contributed by atoms with E-state index in [1.54, 1.807) is 13.8 Å². The molecule has 0 saturated carbocycles. The number of hydrogen-bond acceptors (Lipinski definition) is 2. The van der Waals surface area contributed by atoms with Crippen LogP contribution in [0.3, 0.4) is 0 Å². The van der Waals surface area contributed by atoms with Gasteiger partial charge in [-0.05, 0) is 26.3 Å². The molecule has 0 aromatic heterocycles. The highest BCUT2D eigenvalue weighted by Crippen LogP contribution is 2.03. The van der Waals surface area contributed by atoms with Crippen molar-refractivity contribution in [1.29, 1.82) is 0 Å². The summed E-state index contributed by atoms with van der Waals surface area (Å²) in [5, 5.41) is 0. The maximum absolute atomic E-state index is 11.0. The van der Waals surface area contributed by atoms with Gasteiger partial charge >= 0.3 is 5.97 Å². The first-order chi connectivity index (χ1) is 5.57. The summed E-state index contributed by atoms with van der Waals surface area (Å²) in [5.74, 6) is 0.310. The molecule has 0 fully saturated rings. The molecule has 68 valence electrons. The lowest BCUT2D eigenvalue weighted by molar-refractivity contribution is -0.134. The summed E-state index contributed by atoms with van der Waals surface area (Å²) >= 11 is 0. The minimum atomic E-state index is -0.347. The zero-order valence-corrected chi connectivity index (χ0v) is 8.02. The van der Waals surface area contributed by atoms with E-state index < -0.39 is 0 Å². The summed E-state index contributed by atoms with van der Waals surface area (Å²) in [4.78, 5) is 11.0. The summed E-state index contributed by atoms with van der Waals surface area (Å²) in [6, 6.07) is 0. The number of rotatable bonds is 4. The van der Waals surface area contributed by atoms with Gasteiger partial charge in [0.05, 0.1) is 0 Å². The number of carbonyl (C=O) groups excluding carboxylic acids is 1. The highest BCUT2D eigenvalue weighted by atomic mass is 16.5. The van der Waals surface area contributed by atoms with Gasteiger partial charge in [0.1, 0.15) is 5.76 Å². The number of hydrogen-bond donors (Lipinski definition) is 0. The van der Waals surface area contributed by atoms with Crippen molar-refractivity contribution >= 4 is 5.97 Å². The Labute approximate surface area is 73.9 Å². The Kier molecular flexibility index (Phi) is 5.09. The molecule has 0 unspecified atom stereocenters. The Balaban J connectivity index is 3.91. The van der Waals surface area contributed by atoms with Crippen molar-refractivity contribution in [3.8, 4) is 0 Å². The van der Waals surface area contributed by atoms with Crippen LogP contribution in [-0.4, -0.2) is 5.97 Å². The summed E-state index contributed by atoms with van der Waals surface area (Å²) in [6.45, 7) is 8.97. The Hall–Kier alpha value is -1.05. The summed E-state index contributed by atoms with van der Waals surface area (Å²) in [6.07, 6.45) is 3.90. The summed E-state index contributed by atoms with van der Waals surface area (Å²) in [7, 11) is 0. The second-order valence-corrected chi connectivity index (χ2v) is 2.77. The van der Waals surface area contributed by atoms with Crippen LogP contribution in [0.5, 0.6) is 0 Å². The molecule has 2 heteroatoms. The van der Waals surface area contributed by atoms with Crippen LogP contribution in [0.4, 0.5) is 0 Å². The SMILES string of the molecule is C=C(C)C(=O)O/C(C)=C/CCC. The standard InChI is InChI=1S/C10H16O2/c1-5-6-7-9(4)12-10(11)8(2)3/h7H,2,5-6H2,1,3-4H3/b9-7+. The van der Waals surface area contributed by atoms with Crippen molar-refractivity contribution in [3.05, 3.63) is 24.0 Å².